The first-order valence-corrected chi connectivity index (χ1v) is 9.22. The van der Waals surface area contributed by atoms with Crippen molar-refractivity contribution in [3.05, 3.63) is 28.2 Å². The Hall–Kier alpha value is -0.510. The van der Waals surface area contributed by atoms with Crippen LogP contribution in [0.5, 0.6) is 0 Å². The lowest BCUT2D eigenvalue weighted by Gasteiger charge is -2.57. The van der Waals surface area contributed by atoms with Crippen LogP contribution in [-0.4, -0.2) is 10.7 Å². The van der Waals surface area contributed by atoms with Gasteiger partial charge in [-0.15, -0.1) is 0 Å². The molecule has 0 saturated heterocycles. The van der Waals surface area contributed by atoms with Gasteiger partial charge in [0.1, 0.15) is 0 Å². The highest BCUT2D eigenvalue weighted by Gasteiger charge is 2.51. The summed E-state index contributed by atoms with van der Waals surface area (Å²) >= 11 is 17.6. The van der Waals surface area contributed by atoms with E-state index >= 15 is 0 Å². The van der Waals surface area contributed by atoms with Crippen LogP contribution in [0.25, 0.3) is 0 Å². The Balaban J connectivity index is 1.44. The minimum absolute atomic E-state index is 0.231. The van der Waals surface area contributed by atoms with E-state index in [-0.39, 0.29) is 5.54 Å². The minimum Gasteiger partial charge on any atom is -0.357 e. The summed E-state index contributed by atoms with van der Waals surface area (Å²) in [7, 11) is 0. The SMILES string of the molecule is S=C(Nc1ccc(Cl)c(Cl)c1)NC12CC3CC(CC(C3)C1)C2. The van der Waals surface area contributed by atoms with Crippen molar-refractivity contribution in [3.63, 3.8) is 0 Å². The molecule has 22 heavy (non-hydrogen) atoms. The van der Waals surface area contributed by atoms with E-state index in [2.05, 4.69) is 10.6 Å². The zero-order valence-corrected chi connectivity index (χ0v) is 14.7. The molecule has 2 nitrogen and oxygen atoms in total. The maximum atomic E-state index is 6.06. The second-order valence-corrected chi connectivity index (χ2v) is 8.63. The fraction of sp³-hybridized carbons (Fsp3) is 0.588. The Bertz CT molecular complexity index is 581. The highest BCUT2D eigenvalue weighted by atomic mass is 35.5. The highest BCUT2D eigenvalue weighted by Crippen LogP contribution is 2.55. The lowest BCUT2D eigenvalue weighted by Crippen LogP contribution is -2.60. The van der Waals surface area contributed by atoms with E-state index in [0.29, 0.717) is 15.2 Å². The van der Waals surface area contributed by atoms with Crippen LogP contribution in [0.3, 0.4) is 0 Å². The number of thiocarbonyl (C=S) groups is 1. The Labute approximate surface area is 146 Å². The molecule has 0 aromatic heterocycles. The smallest absolute Gasteiger partial charge is 0.171 e. The van der Waals surface area contributed by atoms with Crippen molar-refractivity contribution in [2.75, 3.05) is 5.32 Å². The van der Waals surface area contributed by atoms with Crippen LogP contribution in [0.2, 0.25) is 10.0 Å². The van der Waals surface area contributed by atoms with E-state index in [1.54, 1.807) is 6.07 Å². The fourth-order valence-corrected chi connectivity index (χ4v) is 5.87. The third kappa shape index (κ3) is 2.83. The molecule has 4 saturated carbocycles. The van der Waals surface area contributed by atoms with Gasteiger partial charge in [0.05, 0.1) is 10.0 Å². The number of rotatable bonds is 2. The molecule has 1 aromatic rings. The van der Waals surface area contributed by atoms with E-state index < -0.39 is 0 Å². The second-order valence-electron chi connectivity index (χ2n) is 7.41. The Morgan fingerprint density at radius 3 is 2.14 bits per heavy atom. The number of anilines is 1. The average Bonchev–Trinajstić information content (AvgIpc) is 2.40. The van der Waals surface area contributed by atoms with Gasteiger partial charge in [0, 0.05) is 11.2 Å². The standard InChI is InChI=1S/C17H20Cl2N2S/c18-14-2-1-13(6-15(14)19)20-16(22)21-17-7-10-3-11(8-17)5-12(4-10)9-17/h1-2,6,10-12H,3-5,7-9H2,(H2,20,21,22). The third-order valence-corrected chi connectivity index (χ3v) is 6.54. The molecule has 2 N–H and O–H groups in total. The summed E-state index contributed by atoms with van der Waals surface area (Å²) in [5.41, 5.74) is 1.12. The Morgan fingerprint density at radius 1 is 1.00 bits per heavy atom. The number of hydrogen-bond acceptors (Lipinski definition) is 1. The van der Waals surface area contributed by atoms with E-state index in [0.717, 1.165) is 23.4 Å². The van der Waals surface area contributed by atoms with Crippen LogP contribution >= 0.6 is 35.4 Å². The summed E-state index contributed by atoms with van der Waals surface area (Å²) in [5.74, 6) is 2.73. The van der Waals surface area contributed by atoms with Crippen LogP contribution in [0, 0.1) is 17.8 Å². The normalized spacial score (nSPS) is 35.5. The summed E-state index contributed by atoms with van der Waals surface area (Å²) in [4.78, 5) is 0. The minimum atomic E-state index is 0.231. The average molecular weight is 355 g/mol. The number of nitrogens with one attached hydrogen (secondary N) is 2. The molecular formula is C17H20Cl2N2S. The molecule has 0 amide bonds. The molecule has 5 rings (SSSR count). The van der Waals surface area contributed by atoms with Gasteiger partial charge >= 0.3 is 0 Å². The molecule has 4 aliphatic carbocycles. The van der Waals surface area contributed by atoms with Gasteiger partial charge in [0.2, 0.25) is 0 Å². The van der Waals surface area contributed by atoms with E-state index in [4.69, 9.17) is 35.4 Å². The zero-order valence-electron chi connectivity index (χ0n) is 12.4. The number of halogens is 2. The first kappa shape index (κ1) is 15.0. The summed E-state index contributed by atoms with van der Waals surface area (Å²) in [6.07, 6.45) is 8.16. The molecular weight excluding hydrogens is 335 g/mol. The van der Waals surface area contributed by atoms with Gasteiger partial charge in [-0.05, 0) is 86.7 Å². The van der Waals surface area contributed by atoms with Gasteiger partial charge in [0.25, 0.3) is 0 Å². The fourth-order valence-electron chi connectivity index (χ4n) is 5.24. The second kappa shape index (κ2) is 5.54. The number of hydrogen-bond donors (Lipinski definition) is 2. The zero-order chi connectivity index (χ0) is 15.3. The highest BCUT2D eigenvalue weighted by molar-refractivity contribution is 7.80. The molecule has 0 aliphatic heterocycles. The van der Waals surface area contributed by atoms with E-state index in [9.17, 15) is 0 Å². The van der Waals surface area contributed by atoms with Gasteiger partial charge in [0.15, 0.2) is 5.11 Å². The molecule has 0 atom stereocenters. The van der Waals surface area contributed by atoms with Crippen molar-refractivity contribution >= 4 is 46.2 Å². The van der Waals surface area contributed by atoms with Crippen molar-refractivity contribution in [2.24, 2.45) is 17.8 Å². The van der Waals surface area contributed by atoms with Gasteiger partial charge < -0.3 is 10.6 Å². The Morgan fingerprint density at radius 2 is 1.59 bits per heavy atom. The largest absolute Gasteiger partial charge is 0.357 e. The van der Waals surface area contributed by atoms with Crippen molar-refractivity contribution in [1.29, 1.82) is 0 Å². The topological polar surface area (TPSA) is 24.1 Å². The summed E-state index contributed by atoms with van der Waals surface area (Å²) in [6, 6.07) is 5.51. The van der Waals surface area contributed by atoms with Crippen LogP contribution in [0.15, 0.2) is 18.2 Å². The predicted octanol–water partition coefficient (Wildman–Crippen LogP) is 5.25. The van der Waals surface area contributed by atoms with Crippen molar-refractivity contribution in [1.82, 2.24) is 5.32 Å². The number of benzene rings is 1. The maximum absolute atomic E-state index is 6.06. The van der Waals surface area contributed by atoms with Gasteiger partial charge in [-0.3, -0.25) is 0 Å². The quantitative estimate of drug-likeness (QED) is 0.709. The molecule has 118 valence electrons. The predicted molar refractivity (Wildman–Crippen MR) is 96.7 cm³/mol. The molecule has 0 spiro atoms. The van der Waals surface area contributed by atoms with Gasteiger partial charge in [-0.2, -0.15) is 0 Å². The van der Waals surface area contributed by atoms with Crippen molar-refractivity contribution in [2.45, 2.75) is 44.1 Å². The summed E-state index contributed by atoms with van der Waals surface area (Å²) < 4.78 is 0. The molecule has 1 aromatic carbocycles. The molecule has 0 unspecified atom stereocenters. The maximum Gasteiger partial charge on any atom is 0.171 e. The van der Waals surface area contributed by atoms with Crippen LogP contribution in [-0.2, 0) is 0 Å². The van der Waals surface area contributed by atoms with Gasteiger partial charge in [-0.25, -0.2) is 0 Å². The lowest BCUT2D eigenvalue weighted by atomic mass is 9.53. The van der Waals surface area contributed by atoms with Gasteiger partial charge in [-0.1, -0.05) is 23.2 Å². The van der Waals surface area contributed by atoms with E-state index in [1.807, 2.05) is 12.1 Å². The Kier molecular flexibility index (Phi) is 3.79. The molecule has 4 aliphatic rings. The van der Waals surface area contributed by atoms with Crippen molar-refractivity contribution < 1.29 is 0 Å². The summed E-state index contributed by atoms with van der Waals surface area (Å²) in [5, 5.41) is 8.73. The monoisotopic (exact) mass is 354 g/mol. The third-order valence-electron chi connectivity index (χ3n) is 5.59. The lowest BCUT2D eigenvalue weighted by molar-refractivity contribution is -0.00972. The van der Waals surface area contributed by atoms with Crippen molar-refractivity contribution in [3.8, 4) is 0 Å². The molecule has 0 radical (unpaired) electrons. The molecule has 4 fully saturated rings. The first-order chi connectivity index (χ1) is 10.5. The van der Waals surface area contributed by atoms with Crippen LogP contribution < -0.4 is 10.6 Å². The molecule has 4 bridgehead atoms. The molecule has 5 heteroatoms. The first-order valence-electron chi connectivity index (χ1n) is 8.06. The van der Waals surface area contributed by atoms with Crippen LogP contribution in [0.1, 0.15) is 38.5 Å². The van der Waals surface area contributed by atoms with E-state index in [1.165, 1.54) is 38.5 Å². The molecule has 0 heterocycles. The van der Waals surface area contributed by atoms with Crippen LogP contribution in [0.4, 0.5) is 5.69 Å². The summed E-state index contributed by atoms with van der Waals surface area (Å²) in [6.45, 7) is 0.